The van der Waals surface area contributed by atoms with Crippen molar-refractivity contribution in [3.63, 3.8) is 0 Å². The molecule has 35 heavy (non-hydrogen) atoms. The van der Waals surface area contributed by atoms with Gasteiger partial charge in [-0.1, -0.05) is 54.6 Å². The van der Waals surface area contributed by atoms with Crippen molar-refractivity contribution in [1.82, 2.24) is 15.2 Å². The van der Waals surface area contributed by atoms with Gasteiger partial charge in [-0.3, -0.25) is 19.6 Å². The van der Waals surface area contributed by atoms with Gasteiger partial charge in [0.15, 0.2) is 0 Å². The van der Waals surface area contributed by atoms with Gasteiger partial charge in [0.05, 0.1) is 11.1 Å². The van der Waals surface area contributed by atoms with Gasteiger partial charge in [0.1, 0.15) is 29.8 Å². The molecular formula is C26H25N5O4. The zero-order valence-electron chi connectivity index (χ0n) is 19.6. The largest absolute Gasteiger partial charge is 0.489 e. The van der Waals surface area contributed by atoms with E-state index in [1.165, 1.54) is 10.9 Å². The topological polar surface area (TPSA) is 112 Å². The summed E-state index contributed by atoms with van der Waals surface area (Å²) < 4.78 is 7.33. The van der Waals surface area contributed by atoms with Crippen LogP contribution >= 0.6 is 0 Å². The van der Waals surface area contributed by atoms with Crippen LogP contribution in [0.25, 0.3) is 10.8 Å². The third-order valence-electron chi connectivity index (χ3n) is 5.74. The number of rotatable bonds is 8. The number of nitrogens with zero attached hydrogens (tertiary/aromatic N) is 4. The molecule has 0 spiro atoms. The second kappa shape index (κ2) is 10.2. The van der Waals surface area contributed by atoms with Crippen molar-refractivity contribution in [3.8, 4) is 5.75 Å². The van der Waals surface area contributed by atoms with Gasteiger partial charge < -0.3 is 4.74 Å². The van der Waals surface area contributed by atoms with E-state index in [1.807, 2.05) is 48.5 Å². The molecular weight excluding hydrogens is 446 g/mol. The molecule has 0 saturated heterocycles. The van der Waals surface area contributed by atoms with E-state index in [0.717, 1.165) is 21.9 Å². The number of fused-ring (bicyclic) bond motifs is 1. The number of benzene rings is 3. The Morgan fingerprint density at radius 1 is 1.17 bits per heavy atom. The highest BCUT2D eigenvalue weighted by molar-refractivity contribution is 5.86. The van der Waals surface area contributed by atoms with Crippen molar-refractivity contribution >= 4 is 28.6 Å². The molecule has 1 heterocycles. The van der Waals surface area contributed by atoms with Crippen LogP contribution in [0.4, 0.5) is 5.69 Å². The molecule has 3 aromatic carbocycles. The predicted molar refractivity (Wildman–Crippen MR) is 134 cm³/mol. The lowest BCUT2D eigenvalue weighted by Gasteiger charge is -2.11. The average molecular weight is 472 g/mol. The highest BCUT2D eigenvalue weighted by Crippen LogP contribution is 2.25. The molecule has 0 fully saturated rings. The van der Waals surface area contributed by atoms with E-state index in [9.17, 15) is 14.9 Å². The van der Waals surface area contributed by atoms with Crippen molar-refractivity contribution in [1.29, 1.82) is 0 Å². The molecule has 0 aliphatic heterocycles. The minimum Gasteiger partial charge on any atom is -0.489 e. The number of aryl methyl sites for hydroxylation is 1. The summed E-state index contributed by atoms with van der Waals surface area (Å²) in [5.41, 5.74) is 4.79. The van der Waals surface area contributed by atoms with Gasteiger partial charge in [-0.25, -0.2) is 5.43 Å². The Balaban J connectivity index is 1.39. The predicted octanol–water partition coefficient (Wildman–Crippen LogP) is 4.85. The van der Waals surface area contributed by atoms with Crippen LogP contribution in [0, 0.1) is 24.0 Å². The van der Waals surface area contributed by atoms with E-state index in [1.54, 1.807) is 20.8 Å². The van der Waals surface area contributed by atoms with Crippen molar-refractivity contribution < 1.29 is 14.5 Å². The second-order valence-electron chi connectivity index (χ2n) is 8.13. The van der Waals surface area contributed by atoms with Gasteiger partial charge in [-0.05, 0) is 54.8 Å². The van der Waals surface area contributed by atoms with E-state index in [4.69, 9.17) is 4.74 Å². The Bertz CT molecular complexity index is 1420. The van der Waals surface area contributed by atoms with Crippen molar-refractivity contribution in [2.45, 2.75) is 33.4 Å². The van der Waals surface area contributed by atoms with Gasteiger partial charge in [0, 0.05) is 0 Å². The van der Waals surface area contributed by atoms with Crippen molar-refractivity contribution in [2.24, 2.45) is 5.10 Å². The third kappa shape index (κ3) is 5.19. The molecule has 0 aliphatic rings. The number of aromatic nitrogens is 2. The number of hydrogen-bond acceptors (Lipinski definition) is 6. The fourth-order valence-corrected chi connectivity index (χ4v) is 3.93. The van der Waals surface area contributed by atoms with E-state index >= 15 is 0 Å². The number of carbonyl (C=O) groups excluding carboxylic acids is 1. The fraction of sp³-hybridized carbons (Fsp3) is 0.192. The molecule has 9 nitrogen and oxygen atoms in total. The van der Waals surface area contributed by atoms with E-state index < -0.39 is 16.9 Å². The molecule has 0 radical (unpaired) electrons. The SMILES string of the molecule is Cc1nn(C(C)C(=O)N/N=C/c2cccc(OCc3cccc4ccccc34)c2)c(C)c1[N+](=O)[O-]. The van der Waals surface area contributed by atoms with Crippen LogP contribution < -0.4 is 10.2 Å². The van der Waals surface area contributed by atoms with Gasteiger partial charge in [-0.2, -0.15) is 10.2 Å². The fourth-order valence-electron chi connectivity index (χ4n) is 3.93. The van der Waals surface area contributed by atoms with Gasteiger partial charge in [-0.15, -0.1) is 0 Å². The van der Waals surface area contributed by atoms with Crippen molar-refractivity contribution in [2.75, 3.05) is 0 Å². The first kappa shape index (κ1) is 23.6. The first-order valence-electron chi connectivity index (χ1n) is 11.1. The van der Waals surface area contributed by atoms with Gasteiger partial charge >= 0.3 is 5.69 Å². The van der Waals surface area contributed by atoms with Crippen LogP contribution in [0.15, 0.2) is 71.8 Å². The third-order valence-corrected chi connectivity index (χ3v) is 5.74. The molecule has 1 aromatic heterocycles. The normalized spacial score (nSPS) is 12.1. The molecule has 178 valence electrons. The summed E-state index contributed by atoms with van der Waals surface area (Å²) in [6.07, 6.45) is 1.51. The van der Waals surface area contributed by atoms with Gasteiger partial charge in [0.25, 0.3) is 5.91 Å². The number of carbonyl (C=O) groups is 1. The summed E-state index contributed by atoms with van der Waals surface area (Å²) >= 11 is 0. The second-order valence-corrected chi connectivity index (χ2v) is 8.13. The lowest BCUT2D eigenvalue weighted by molar-refractivity contribution is -0.386. The van der Waals surface area contributed by atoms with Crippen LogP contribution in [-0.2, 0) is 11.4 Å². The average Bonchev–Trinajstić information content (AvgIpc) is 3.16. The van der Waals surface area contributed by atoms with E-state index in [0.29, 0.717) is 18.1 Å². The highest BCUT2D eigenvalue weighted by atomic mass is 16.6. The maximum absolute atomic E-state index is 12.5. The number of hydrogen-bond donors (Lipinski definition) is 1. The Hall–Kier alpha value is -4.53. The first-order chi connectivity index (χ1) is 16.8. The minimum atomic E-state index is -0.769. The summed E-state index contributed by atoms with van der Waals surface area (Å²) in [4.78, 5) is 23.2. The van der Waals surface area contributed by atoms with Crippen LogP contribution in [0.1, 0.15) is 35.5 Å². The summed E-state index contributed by atoms with van der Waals surface area (Å²) in [6.45, 7) is 5.13. The Labute approximate surface area is 202 Å². The molecule has 4 aromatic rings. The maximum Gasteiger partial charge on any atom is 0.312 e. The molecule has 4 rings (SSSR count). The van der Waals surface area contributed by atoms with Gasteiger partial charge in [0.2, 0.25) is 0 Å². The lowest BCUT2D eigenvalue weighted by atomic mass is 10.1. The van der Waals surface area contributed by atoms with Crippen molar-refractivity contribution in [3.05, 3.63) is 99.4 Å². The Morgan fingerprint density at radius 3 is 2.69 bits per heavy atom. The maximum atomic E-state index is 12.5. The lowest BCUT2D eigenvalue weighted by Crippen LogP contribution is -2.28. The molecule has 1 atom stereocenters. The summed E-state index contributed by atoms with van der Waals surface area (Å²) in [7, 11) is 0. The number of hydrazone groups is 1. The molecule has 0 saturated carbocycles. The molecule has 1 amide bonds. The zero-order valence-corrected chi connectivity index (χ0v) is 19.6. The zero-order chi connectivity index (χ0) is 24.9. The summed E-state index contributed by atoms with van der Waals surface area (Å²) in [5, 5.41) is 21.7. The van der Waals surface area contributed by atoms with E-state index in [-0.39, 0.29) is 11.4 Å². The standard InChI is InChI=1S/C26H25N5O4/c1-17-25(31(33)34)18(2)30(29-17)19(3)26(32)28-27-15-20-8-6-12-23(14-20)35-16-22-11-7-10-21-9-4-5-13-24(21)22/h4-15,19H,16H2,1-3H3,(H,28,32)/b27-15+. The van der Waals surface area contributed by atoms with Crippen LogP contribution in [0.2, 0.25) is 0 Å². The number of nitrogens with one attached hydrogen (secondary N) is 1. The molecule has 1 N–H and O–H groups in total. The van der Waals surface area contributed by atoms with Crippen LogP contribution in [-0.4, -0.2) is 26.8 Å². The monoisotopic (exact) mass is 471 g/mol. The first-order valence-corrected chi connectivity index (χ1v) is 11.1. The molecule has 1 unspecified atom stereocenters. The number of amides is 1. The molecule has 9 heteroatoms. The Morgan fingerprint density at radius 2 is 1.91 bits per heavy atom. The Kier molecular flexibility index (Phi) is 6.86. The quantitative estimate of drug-likeness (QED) is 0.224. The van der Waals surface area contributed by atoms with Crippen LogP contribution in [0.5, 0.6) is 5.75 Å². The smallest absolute Gasteiger partial charge is 0.312 e. The number of nitro groups is 1. The van der Waals surface area contributed by atoms with E-state index in [2.05, 4.69) is 33.8 Å². The minimum absolute atomic E-state index is 0.0894. The molecule has 0 bridgehead atoms. The summed E-state index contributed by atoms with van der Waals surface area (Å²) in [5.74, 6) is 0.238. The van der Waals surface area contributed by atoms with Crippen LogP contribution in [0.3, 0.4) is 0 Å². The highest BCUT2D eigenvalue weighted by Gasteiger charge is 2.26. The summed E-state index contributed by atoms with van der Waals surface area (Å²) in [6, 6.07) is 20.9. The molecule has 0 aliphatic carbocycles. The number of ether oxygens (including phenoxy) is 1.